The van der Waals surface area contributed by atoms with Crippen molar-refractivity contribution >= 4 is 56.6 Å². The van der Waals surface area contributed by atoms with Gasteiger partial charge in [-0.15, -0.1) is 0 Å². The van der Waals surface area contributed by atoms with E-state index in [0.717, 1.165) is 7.14 Å². The average molecular weight is 466 g/mol. The summed E-state index contributed by atoms with van der Waals surface area (Å²) in [5.74, 6) is 0. The highest BCUT2D eigenvalue weighted by atomic mass is 127. The fourth-order valence-electron chi connectivity index (χ4n) is 1.40. The molecule has 2 aromatic rings. The van der Waals surface area contributed by atoms with Gasteiger partial charge in [-0.2, -0.15) is 0 Å². The minimum Gasteiger partial charge on any atom is -0.561 e. The van der Waals surface area contributed by atoms with Crippen LogP contribution in [0.1, 0.15) is 0 Å². The van der Waals surface area contributed by atoms with Crippen molar-refractivity contribution in [3.63, 3.8) is 0 Å². The molecule has 0 spiro atoms. The zero-order valence-electron chi connectivity index (χ0n) is 9.09. The van der Waals surface area contributed by atoms with Gasteiger partial charge in [-0.05, 0) is 57.3 Å². The molecule has 0 heterocycles. The Hall–Kier alpha value is -0.900. The van der Waals surface area contributed by atoms with Crippen molar-refractivity contribution in [2.24, 2.45) is 0 Å². The van der Waals surface area contributed by atoms with E-state index in [0.29, 0.717) is 21.1 Å². The van der Waals surface area contributed by atoms with Gasteiger partial charge in [0, 0.05) is 31.4 Å². The molecule has 0 atom stereocenters. The molecule has 0 radical (unpaired) electrons. The third kappa shape index (κ3) is 3.10. The van der Waals surface area contributed by atoms with Gasteiger partial charge in [0.2, 0.25) is 0 Å². The lowest BCUT2D eigenvalue weighted by Crippen LogP contribution is -2.08. The molecule has 0 saturated heterocycles. The SMILES string of the molecule is [O-]/[N+](c1cccc(I)c1)=[N+](/[O-])c1cccc(I)c1. The van der Waals surface area contributed by atoms with Crippen molar-refractivity contribution in [3.8, 4) is 0 Å². The van der Waals surface area contributed by atoms with Crippen molar-refractivity contribution in [3.05, 3.63) is 66.1 Å². The molecular weight excluding hydrogens is 458 g/mol. The van der Waals surface area contributed by atoms with Gasteiger partial charge in [0.25, 0.3) is 11.4 Å². The van der Waals surface area contributed by atoms with Crippen LogP contribution in [-0.2, 0) is 0 Å². The largest absolute Gasteiger partial charge is 0.561 e. The first-order valence-electron chi connectivity index (χ1n) is 5.03. The molecule has 0 unspecified atom stereocenters. The van der Waals surface area contributed by atoms with Gasteiger partial charge in [0.1, 0.15) is 0 Å². The summed E-state index contributed by atoms with van der Waals surface area (Å²) in [6.45, 7) is 0. The molecule has 0 aliphatic rings. The lowest BCUT2D eigenvalue weighted by atomic mass is 10.3. The second-order valence-corrected chi connectivity index (χ2v) is 6.00. The Morgan fingerprint density at radius 2 is 1.11 bits per heavy atom. The Balaban J connectivity index is 2.47. The Labute approximate surface area is 131 Å². The topological polar surface area (TPSA) is 52.1 Å². The summed E-state index contributed by atoms with van der Waals surface area (Å²) in [5, 5.41) is 23.9. The van der Waals surface area contributed by atoms with Gasteiger partial charge in [-0.1, -0.05) is 12.1 Å². The van der Waals surface area contributed by atoms with Crippen LogP contribution in [0, 0.1) is 17.6 Å². The van der Waals surface area contributed by atoms with Gasteiger partial charge >= 0.3 is 0 Å². The third-order valence-corrected chi connectivity index (χ3v) is 3.57. The molecule has 6 heteroatoms. The number of nitrogens with zero attached hydrogens (tertiary/aromatic N) is 2. The standard InChI is InChI=1S/C12H8I2N2O2/c13-9-3-1-5-11(7-9)15(17)16(18)12-6-2-4-10(14)8-12/h1-8H/b16-15+. The molecule has 92 valence electrons. The van der Waals surface area contributed by atoms with Crippen LogP contribution in [0.15, 0.2) is 48.5 Å². The summed E-state index contributed by atoms with van der Waals surface area (Å²) in [6, 6.07) is 13.7. The molecule has 4 nitrogen and oxygen atoms in total. The Kier molecular flexibility index (Phi) is 4.38. The van der Waals surface area contributed by atoms with Crippen molar-refractivity contribution in [1.82, 2.24) is 0 Å². The van der Waals surface area contributed by atoms with Crippen LogP contribution >= 0.6 is 45.2 Å². The van der Waals surface area contributed by atoms with E-state index in [2.05, 4.69) is 45.2 Å². The third-order valence-electron chi connectivity index (χ3n) is 2.22. The molecular formula is C12H8I2N2O2. The maximum absolute atomic E-state index is 11.9. The lowest BCUT2D eigenvalue weighted by Gasteiger charge is -2.03. The smallest absolute Gasteiger partial charge is 0.288 e. The predicted molar refractivity (Wildman–Crippen MR) is 84.9 cm³/mol. The van der Waals surface area contributed by atoms with E-state index in [1.165, 1.54) is 0 Å². The maximum atomic E-state index is 11.9. The monoisotopic (exact) mass is 466 g/mol. The normalized spacial score (nSPS) is 12.1. The molecule has 0 bridgehead atoms. The first-order chi connectivity index (χ1) is 8.58. The van der Waals surface area contributed by atoms with Crippen LogP contribution in [0.5, 0.6) is 0 Å². The number of rotatable bonds is 2. The Morgan fingerprint density at radius 3 is 1.44 bits per heavy atom. The van der Waals surface area contributed by atoms with Crippen LogP contribution in [0.2, 0.25) is 0 Å². The summed E-state index contributed by atoms with van der Waals surface area (Å²) in [5.41, 5.74) is 0.631. The number of hydrogen-bond acceptors (Lipinski definition) is 2. The lowest BCUT2D eigenvalue weighted by molar-refractivity contribution is -0.896. The molecule has 0 amide bonds. The zero-order valence-corrected chi connectivity index (χ0v) is 13.4. The molecule has 0 saturated carbocycles. The van der Waals surface area contributed by atoms with E-state index in [4.69, 9.17) is 0 Å². The molecule has 2 aromatic carbocycles. The van der Waals surface area contributed by atoms with Gasteiger partial charge in [0.15, 0.2) is 0 Å². The van der Waals surface area contributed by atoms with Crippen LogP contribution in [0.4, 0.5) is 11.4 Å². The summed E-state index contributed by atoms with van der Waals surface area (Å²) in [4.78, 5) is 0.682. The first kappa shape index (κ1) is 13.5. The number of azo groups is 1. The van der Waals surface area contributed by atoms with E-state index in [-0.39, 0.29) is 0 Å². The van der Waals surface area contributed by atoms with Crippen molar-refractivity contribution in [2.75, 3.05) is 0 Å². The van der Waals surface area contributed by atoms with Crippen molar-refractivity contribution in [1.29, 1.82) is 0 Å². The molecule has 0 fully saturated rings. The Bertz CT molecular complexity index is 561. The minimum atomic E-state index is 0.316. The second-order valence-electron chi connectivity index (χ2n) is 3.51. The van der Waals surface area contributed by atoms with Crippen LogP contribution in [0.3, 0.4) is 0 Å². The van der Waals surface area contributed by atoms with Gasteiger partial charge in [-0.25, -0.2) is 0 Å². The van der Waals surface area contributed by atoms with Gasteiger partial charge < -0.3 is 10.4 Å². The zero-order chi connectivity index (χ0) is 13.1. The average Bonchev–Trinajstić information content (AvgIpc) is 2.37. The van der Waals surface area contributed by atoms with E-state index in [9.17, 15) is 10.4 Å². The molecule has 0 N–H and O–H groups in total. The quantitative estimate of drug-likeness (QED) is 0.287. The molecule has 0 aromatic heterocycles. The van der Waals surface area contributed by atoms with Crippen LogP contribution < -0.4 is 0 Å². The van der Waals surface area contributed by atoms with E-state index >= 15 is 0 Å². The van der Waals surface area contributed by atoms with Gasteiger partial charge in [-0.3, -0.25) is 0 Å². The van der Waals surface area contributed by atoms with E-state index < -0.39 is 0 Å². The van der Waals surface area contributed by atoms with Crippen molar-refractivity contribution < 1.29 is 9.72 Å². The highest BCUT2D eigenvalue weighted by Crippen LogP contribution is 2.20. The van der Waals surface area contributed by atoms with Crippen molar-refractivity contribution in [2.45, 2.75) is 0 Å². The van der Waals surface area contributed by atoms with Crippen LogP contribution in [0.25, 0.3) is 0 Å². The number of benzene rings is 2. The summed E-state index contributed by atoms with van der Waals surface area (Å²) < 4.78 is 1.81. The molecule has 2 rings (SSSR count). The summed E-state index contributed by atoms with van der Waals surface area (Å²) in [6.07, 6.45) is 0. The van der Waals surface area contributed by atoms with Crippen LogP contribution in [-0.4, -0.2) is 9.72 Å². The summed E-state index contributed by atoms with van der Waals surface area (Å²) in [7, 11) is 0. The maximum Gasteiger partial charge on any atom is 0.288 e. The van der Waals surface area contributed by atoms with Gasteiger partial charge in [0.05, 0.1) is 9.72 Å². The number of halogens is 2. The first-order valence-corrected chi connectivity index (χ1v) is 7.19. The second kappa shape index (κ2) is 5.83. The molecule has 18 heavy (non-hydrogen) atoms. The molecule has 0 aliphatic carbocycles. The Morgan fingerprint density at radius 1 is 0.722 bits per heavy atom. The fourth-order valence-corrected chi connectivity index (χ4v) is 2.45. The highest BCUT2D eigenvalue weighted by Gasteiger charge is 2.15. The van der Waals surface area contributed by atoms with E-state index in [1.807, 2.05) is 12.1 Å². The van der Waals surface area contributed by atoms with E-state index in [1.54, 1.807) is 36.4 Å². The summed E-state index contributed by atoms with van der Waals surface area (Å²) >= 11 is 4.19. The fraction of sp³-hybridized carbons (Fsp3) is 0. The minimum absolute atomic E-state index is 0.316. The highest BCUT2D eigenvalue weighted by molar-refractivity contribution is 14.1. The molecule has 0 aliphatic heterocycles. The predicted octanol–water partition coefficient (Wildman–Crippen LogP) is 4.33. The number of hydrogen-bond donors (Lipinski definition) is 0.